The summed E-state index contributed by atoms with van der Waals surface area (Å²) in [5.74, 6) is -0.519. The number of primary amides is 1. The molecule has 19 heavy (non-hydrogen) atoms. The summed E-state index contributed by atoms with van der Waals surface area (Å²) in [4.78, 5) is 15.2. The van der Waals surface area contributed by atoms with Crippen molar-refractivity contribution in [3.8, 4) is 0 Å². The second kappa shape index (κ2) is 4.54. The Labute approximate surface area is 111 Å². The van der Waals surface area contributed by atoms with Gasteiger partial charge in [-0.05, 0) is 32.0 Å². The number of nitrogens with two attached hydrogens (primary N) is 1. The molecule has 0 radical (unpaired) electrons. The van der Waals surface area contributed by atoms with E-state index >= 15 is 0 Å². The van der Waals surface area contributed by atoms with Gasteiger partial charge in [0.2, 0.25) is 11.9 Å². The van der Waals surface area contributed by atoms with Crippen LogP contribution in [0.1, 0.15) is 24.2 Å². The number of hydrogen-bond acceptors (Lipinski definition) is 4. The zero-order valence-electron chi connectivity index (χ0n) is 10.5. The smallest absolute Gasteiger partial charge is 0.266 e. The average molecular weight is 282 g/mol. The first kappa shape index (κ1) is 13.3. The summed E-state index contributed by atoms with van der Waals surface area (Å²) in [7, 11) is -3.74. The summed E-state index contributed by atoms with van der Waals surface area (Å²) in [5.41, 5.74) is 5.63. The molecule has 0 fully saturated rings. The van der Waals surface area contributed by atoms with E-state index in [1.54, 1.807) is 0 Å². The SMILES string of the molecule is CC(C)N=C1Nc2ccc(C(N)=O)cc2S(=O)(=O)N1. The van der Waals surface area contributed by atoms with Crippen molar-refractivity contribution in [1.29, 1.82) is 0 Å². The number of fused-ring (bicyclic) bond motifs is 1. The van der Waals surface area contributed by atoms with Gasteiger partial charge >= 0.3 is 0 Å². The third kappa shape index (κ3) is 2.68. The Morgan fingerprint density at radius 2 is 2.05 bits per heavy atom. The van der Waals surface area contributed by atoms with Crippen molar-refractivity contribution in [2.24, 2.45) is 10.7 Å². The van der Waals surface area contributed by atoms with Crippen LogP contribution in [0.2, 0.25) is 0 Å². The van der Waals surface area contributed by atoms with E-state index in [1.165, 1.54) is 18.2 Å². The quantitative estimate of drug-likeness (QED) is 0.721. The van der Waals surface area contributed by atoms with Crippen molar-refractivity contribution in [2.75, 3.05) is 5.32 Å². The predicted molar refractivity (Wildman–Crippen MR) is 71.5 cm³/mol. The molecule has 0 bridgehead atoms. The summed E-state index contributed by atoms with van der Waals surface area (Å²) < 4.78 is 26.4. The maximum Gasteiger partial charge on any atom is 0.266 e. The molecule has 0 unspecified atom stereocenters. The number of nitrogens with one attached hydrogen (secondary N) is 2. The molecule has 7 nitrogen and oxygen atoms in total. The van der Waals surface area contributed by atoms with Gasteiger partial charge in [0.05, 0.1) is 5.69 Å². The average Bonchev–Trinajstić information content (AvgIpc) is 2.26. The Balaban J connectivity index is 2.53. The normalized spacial score (nSPS) is 18.6. The fraction of sp³-hybridized carbons (Fsp3) is 0.273. The molecule has 1 aromatic carbocycles. The van der Waals surface area contributed by atoms with Crippen LogP contribution in [-0.4, -0.2) is 26.3 Å². The number of sulfonamides is 1. The van der Waals surface area contributed by atoms with Crippen LogP contribution >= 0.6 is 0 Å². The van der Waals surface area contributed by atoms with Crippen LogP contribution in [0.3, 0.4) is 0 Å². The summed E-state index contributed by atoms with van der Waals surface area (Å²) in [6, 6.07) is 4.13. The maximum atomic E-state index is 12.1. The van der Waals surface area contributed by atoms with E-state index in [0.717, 1.165) is 0 Å². The lowest BCUT2D eigenvalue weighted by atomic mass is 10.2. The molecular weight excluding hydrogens is 268 g/mol. The van der Waals surface area contributed by atoms with Crippen molar-refractivity contribution in [1.82, 2.24) is 4.72 Å². The molecule has 0 atom stereocenters. The van der Waals surface area contributed by atoms with Gasteiger partial charge in [-0.1, -0.05) is 0 Å². The molecule has 1 aliphatic heterocycles. The summed E-state index contributed by atoms with van der Waals surface area (Å²) in [6.45, 7) is 3.66. The van der Waals surface area contributed by atoms with Gasteiger partial charge in [-0.15, -0.1) is 0 Å². The van der Waals surface area contributed by atoms with Gasteiger partial charge < -0.3 is 11.1 Å². The topological polar surface area (TPSA) is 114 Å². The molecule has 0 saturated carbocycles. The zero-order chi connectivity index (χ0) is 14.2. The van der Waals surface area contributed by atoms with Crippen molar-refractivity contribution in [3.63, 3.8) is 0 Å². The van der Waals surface area contributed by atoms with E-state index in [1.807, 2.05) is 13.8 Å². The minimum absolute atomic E-state index is 0.0218. The van der Waals surface area contributed by atoms with Gasteiger partial charge in [-0.2, -0.15) is 0 Å². The fourth-order valence-electron chi connectivity index (χ4n) is 1.65. The van der Waals surface area contributed by atoms with Crippen molar-refractivity contribution < 1.29 is 13.2 Å². The number of carbonyl (C=O) groups excluding carboxylic acids is 1. The van der Waals surface area contributed by atoms with Crippen LogP contribution in [0, 0.1) is 0 Å². The number of anilines is 1. The lowest BCUT2D eigenvalue weighted by Crippen LogP contribution is -2.41. The zero-order valence-corrected chi connectivity index (χ0v) is 11.3. The fourth-order valence-corrected chi connectivity index (χ4v) is 2.81. The predicted octanol–water partition coefficient (Wildman–Crippen LogP) is 0.254. The molecule has 1 aromatic rings. The largest absolute Gasteiger partial charge is 0.366 e. The molecule has 1 amide bonds. The van der Waals surface area contributed by atoms with Gasteiger partial charge in [0.15, 0.2) is 0 Å². The number of guanidine groups is 1. The number of amides is 1. The third-order valence-corrected chi connectivity index (χ3v) is 3.81. The number of benzene rings is 1. The number of nitrogens with zero attached hydrogens (tertiary/aromatic N) is 1. The van der Waals surface area contributed by atoms with E-state index in [4.69, 9.17) is 5.73 Å². The highest BCUT2D eigenvalue weighted by Gasteiger charge is 2.27. The molecular formula is C11H14N4O3S. The number of aliphatic imine (C=N–C) groups is 1. The maximum absolute atomic E-state index is 12.1. The monoisotopic (exact) mass is 282 g/mol. The molecule has 0 aromatic heterocycles. The number of carbonyl (C=O) groups is 1. The molecule has 8 heteroatoms. The Morgan fingerprint density at radius 1 is 1.37 bits per heavy atom. The van der Waals surface area contributed by atoms with E-state index in [-0.39, 0.29) is 22.5 Å². The van der Waals surface area contributed by atoms with Gasteiger partial charge in [-0.3, -0.25) is 4.79 Å². The van der Waals surface area contributed by atoms with Gasteiger partial charge in [-0.25, -0.2) is 18.1 Å². The van der Waals surface area contributed by atoms with Gasteiger partial charge in [0, 0.05) is 11.6 Å². The van der Waals surface area contributed by atoms with Crippen LogP contribution in [0.25, 0.3) is 0 Å². The second-order valence-corrected chi connectivity index (χ2v) is 6.03. The minimum atomic E-state index is -3.74. The highest BCUT2D eigenvalue weighted by molar-refractivity contribution is 7.90. The molecule has 1 heterocycles. The Kier molecular flexibility index (Phi) is 3.19. The summed E-state index contributed by atoms with van der Waals surface area (Å²) >= 11 is 0. The number of rotatable bonds is 2. The minimum Gasteiger partial charge on any atom is -0.366 e. The van der Waals surface area contributed by atoms with Crippen LogP contribution in [-0.2, 0) is 10.0 Å². The summed E-state index contributed by atoms with van der Waals surface area (Å²) in [5, 5.41) is 2.86. The molecule has 102 valence electrons. The molecule has 0 aliphatic carbocycles. The van der Waals surface area contributed by atoms with E-state index < -0.39 is 15.9 Å². The highest BCUT2D eigenvalue weighted by Crippen LogP contribution is 2.25. The standard InChI is InChI=1S/C11H14N4O3S/c1-6(2)13-11-14-8-4-3-7(10(12)16)5-9(8)19(17,18)15-11/h3-6H,1-2H3,(H2,12,16)(H2,13,14,15). The Bertz CT molecular complexity index is 665. The first-order chi connectivity index (χ1) is 8.79. The van der Waals surface area contributed by atoms with E-state index in [9.17, 15) is 13.2 Å². The lowest BCUT2D eigenvalue weighted by Gasteiger charge is -2.22. The molecule has 0 saturated heterocycles. The highest BCUT2D eigenvalue weighted by atomic mass is 32.2. The lowest BCUT2D eigenvalue weighted by molar-refractivity contribution is 0.1000. The third-order valence-electron chi connectivity index (χ3n) is 2.43. The first-order valence-electron chi connectivity index (χ1n) is 5.61. The number of hydrogen-bond donors (Lipinski definition) is 3. The second-order valence-electron chi connectivity index (χ2n) is 4.38. The Hall–Kier alpha value is -2.09. The van der Waals surface area contributed by atoms with Crippen LogP contribution in [0.4, 0.5) is 5.69 Å². The first-order valence-corrected chi connectivity index (χ1v) is 7.09. The van der Waals surface area contributed by atoms with Crippen LogP contribution in [0.5, 0.6) is 0 Å². The summed E-state index contributed by atoms with van der Waals surface area (Å²) in [6.07, 6.45) is 0. The van der Waals surface area contributed by atoms with Crippen LogP contribution < -0.4 is 15.8 Å². The van der Waals surface area contributed by atoms with Crippen molar-refractivity contribution in [2.45, 2.75) is 24.8 Å². The molecule has 0 spiro atoms. The van der Waals surface area contributed by atoms with E-state index in [0.29, 0.717) is 5.69 Å². The van der Waals surface area contributed by atoms with Crippen molar-refractivity contribution in [3.05, 3.63) is 23.8 Å². The van der Waals surface area contributed by atoms with E-state index in [2.05, 4.69) is 15.0 Å². The van der Waals surface area contributed by atoms with Gasteiger partial charge in [0.1, 0.15) is 4.90 Å². The van der Waals surface area contributed by atoms with Crippen LogP contribution in [0.15, 0.2) is 28.1 Å². The molecule has 2 rings (SSSR count). The molecule has 4 N–H and O–H groups in total. The van der Waals surface area contributed by atoms with Gasteiger partial charge in [0.25, 0.3) is 10.0 Å². The molecule has 1 aliphatic rings. The van der Waals surface area contributed by atoms with Crippen molar-refractivity contribution >= 4 is 27.6 Å². The Morgan fingerprint density at radius 3 is 2.63 bits per heavy atom.